The molecule has 2 saturated heterocycles. The summed E-state index contributed by atoms with van der Waals surface area (Å²) < 4.78 is 55.7. The number of thiophene rings is 1. The van der Waals surface area contributed by atoms with Crippen molar-refractivity contribution in [3.05, 3.63) is 46.1 Å². The van der Waals surface area contributed by atoms with Crippen LogP contribution in [0.4, 0.5) is 17.6 Å². The van der Waals surface area contributed by atoms with Crippen molar-refractivity contribution in [3.8, 4) is 11.3 Å². The fourth-order valence-electron chi connectivity index (χ4n) is 5.91. The highest BCUT2D eigenvalue weighted by Crippen LogP contribution is 2.63. The first-order chi connectivity index (χ1) is 18.3. The van der Waals surface area contributed by atoms with Crippen molar-refractivity contribution in [3.63, 3.8) is 0 Å². The molecule has 0 spiro atoms. The number of imide groups is 1. The summed E-state index contributed by atoms with van der Waals surface area (Å²) in [4.78, 5) is 50.5. The number of piperidine rings is 1. The molecule has 1 aliphatic carbocycles. The molecule has 3 aromatic heterocycles. The smallest absolute Gasteiger partial charge is 0.336 e. The van der Waals surface area contributed by atoms with Crippen LogP contribution in [0.2, 0.25) is 0 Å². The first-order valence-corrected chi connectivity index (χ1v) is 13.4. The van der Waals surface area contributed by atoms with Crippen molar-refractivity contribution in [2.45, 2.75) is 46.1 Å². The highest BCUT2D eigenvalue weighted by molar-refractivity contribution is 7.19. The zero-order valence-electron chi connectivity index (χ0n) is 21.3. The third-order valence-corrected chi connectivity index (χ3v) is 9.20. The van der Waals surface area contributed by atoms with Crippen LogP contribution in [0, 0.1) is 24.2 Å². The highest BCUT2D eigenvalue weighted by atomic mass is 32.1. The largest absolute Gasteiger partial charge is 0.433 e. The number of aromatic nitrogens is 2. The minimum absolute atomic E-state index is 0.0215. The van der Waals surface area contributed by atoms with Crippen LogP contribution in [0.5, 0.6) is 0 Å². The molecule has 3 aromatic rings. The van der Waals surface area contributed by atoms with Crippen LogP contribution in [-0.4, -0.2) is 56.8 Å². The Hall–Kier alpha value is -3.41. The van der Waals surface area contributed by atoms with Crippen LogP contribution in [0.25, 0.3) is 21.5 Å². The van der Waals surface area contributed by atoms with Gasteiger partial charge in [0.2, 0.25) is 11.8 Å². The maximum absolute atomic E-state index is 13.9. The number of likely N-dealkylation sites (tertiary alicyclic amines) is 2. The number of nitrogens with zero attached hydrogens (tertiary/aromatic N) is 4. The fraction of sp³-hybridized carbons (Fsp3) is 0.444. The van der Waals surface area contributed by atoms with Crippen LogP contribution in [0.1, 0.15) is 46.8 Å². The van der Waals surface area contributed by atoms with Gasteiger partial charge in [-0.3, -0.25) is 24.3 Å². The molecular weight excluding hydrogens is 536 g/mol. The molecule has 39 heavy (non-hydrogen) atoms. The van der Waals surface area contributed by atoms with Crippen molar-refractivity contribution in [1.82, 2.24) is 19.8 Å². The lowest BCUT2D eigenvalue weighted by molar-refractivity contribution is -0.144. The van der Waals surface area contributed by atoms with Gasteiger partial charge in [0.15, 0.2) is 0 Å². The van der Waals surface area contributed by atoms with Crippen LogP contribution in [0.15, 0.2) is 24.4 Å². The highest BCUT2D eigenvalue weighted by Gasteiger charge is 2.72. The Morgan fingerprint density at radius 3 is 2.49 bits per heavy atom. The Bertz CT molecular complexity index is 1540. The summed E-state index contributed by atoms with van der Waals surface area (Å²) >= 11 is 1.18. The van der Waals surface area contributed by atoms with E-state index in [1.807, 2.05) is 13.8 Å². The number of alkyl halides is 4. The molecule has 0 bridgehead atoms. The second kappa shape index (κ2) is 8.54. The van der Waals surface area contributed by atoms with E-state index in [4.69, 9.17) is 0 Å². The summed E-state index contributed by atoms with van der Waals surface area (Å²) in [5.74, 6) is -1.68. The molecule has 2 aliphatic heterocycles. The quantitative estimate of drug-likeness (QED) is 0.331. The first-order valence-electron chi connectivity index (χ1n) is 12.5. The van der Waals surface area contributed by atoms with E-state index in [0.29, 0.717) is 15.1 Å². The number of hydrogen-bond acceptors (Lipinski definition) is 6. The van der Waals surface area contributed by atoms with Crippen molar-refractivity contribution in [2.24, 2.45) is 17.3 Å². The Labute approximate surface area is 224 Å². The summed E-state index contributed by atoms with van der Waals surface area (Å²) in [6.07, 6.45) is -4.37. The topological polar surface area (TPSA) is 83.5 Å². The predicted molar refractivity (Wildman–Crippen MR) is 134 cm³/mol. The predicted octanol–water partition coefficient (Wildman–Crippen LogP) is 5.01. The molecule has 0 radical (unpaired) electrons. The Balaban J connectivity index is 1.43. The average molecular weight is 561 g/mol. The zero-order chi connectivity index (χ0) is 28.0. The summed E-state index contributed by atoms with van der Waals surface area (Å²) in [5, 5.41) is 0. The van der Waals surface area contributed by atoms with Crippen LogP contribution < -0.4 is 0 Å². The van der Waals surface area contributed by atoms with Gasteiger partial charge < -0.3 is 4.90 Å². The molecule has 7 nitrogen and oxygen atoms in total. The molecule has 3 aliphatic rings. The molecule has 3 unspecified atom stereocenters. The van der Waals surface area contributed by atoms with Gasteiger partial charge in [-0.25, -0.2) is 9.37 Å². The second-order valence-corrected chi connectivity index (χ2v) is 12.1. The SMILES string of the molecule is Cc1cc(C(F)(F)F)nc(-c2ccnc3cc(CN4C(=O)C5C(C4=O)C5(C)C)sc23)c1C(=O)N1CCC(F)C1. The summed E-state index contributed by atoms with van der Waals surface area (Å²) in [6.45, 7) is 5.25. The second-order valence-electron chi connectivity index (χ2n) is 11.0. The summed E-state index contributed by atoms with van der Waals surface area (Å²) in [6, 6.07) is 4.01. The van der Waals surface area contributed by atoms with Gasteiger partial charge >= 0.3 is 6.18 Å². The molecular formula is C27H24F4N4O3S. The van der Waals surface area contributed by atoms with Gasteiger partial charge in [-0.1, -0.05) is 13.8 Å². The Kier molecular flexibility index (Phi) is 5.66. The number of rotatable bonds is 4. The van der Waals surface area contributed by atoms with Crippen molar-refractivity contribution in [2.75, 3.05) is 13.1 Å². The summed E-state index contributed by atoms with van der Waals surface area (Å²) in [5.41, 5.74) is -0.874. The Morgan fingerprint density at radius 2 is 1.87 bits per heavy atom. The molecule has 6 rings (SSSR count). The van der Waals surface area contributed by atoms with Gasteiger partial charge in [-0.2, -0.15) is 13.2 Å². The van der Waals surface area contributed by atoms with Gasteiger partial charge in [0.05, 0.1) is 46.4 Å². The van der Waals surface area contributed by atoms with E-state index in [2.05, 4.69) is 9.97 Å². The minimum atomic E-state index is -4.75. The molecule has 3 fully saturated rings. The lowest BCUT2D eigenvalue weighted by atomic mass is 9.99. The Morgan fingerprint density at radius 1 is 1.18 bits per heavy atom. The van der Waals surface area contributed by atoms with Crippen LogP contribution in [-0.2, 0) is 22.3 Å². The summed E-state index contributed by atoms with van der Waals surface area (Å²) in [7, 11) is 0. The van der Waals surface area contributed by atoms with E-state index < -0.39 is 23.9 Å². The molecule has 5 heterocycles. The zero-order valence-corrected chi connectivity index (χ0v) is 22.1. The van der Waals surface area contributed by atoms with Crippen LogP contribution in [0.3, 0.4) is 0 Å². The van der Waals surface area contributed by atoms with Crippen LogP contribution >= 0.6 is 11.3 Å². The van der Waals surface area contributed by atoms with E-state index in [1.54, 1.807) is 6.07 Å². The van der Waals surface area contributed by atoms with E-state index in [9.17, 15) is 31.9 Å². The number of aryl methyl sites for hydroxylation is 1. The number of fused-ring (bicyclic) bond motifs is 2. The number of pyridine rings is 2. The molecule has 0 N–H and O–H groups in total. The molecule has 204 valence electrons. The third kappa shape index (κ3) is 4.02. The number of hydrogen-bond donors (Lipinski definition) is 0. The van der Waals surface area contributed by atoms with Gasteiger partial charge in [-0.15, -0.1) is 11.3 Å². The fourth-order valence-corrected chi connectivity index (χ4v) is 7.03. The monoisotopic (exact) mass is 560 g/mol. The maximum atomic E-state index is 13.9. The first kappa shape index (κ1) is 25.8. The molecule has 12 heteroatoms. The lowest BCUT2D eigenvalue weighted by Gasteiger charge is -2.20. The normalized spacial score (nSPS) is 24.1. The maximum Gasteiger partial charge on any atom is 0.433 e. The van der Waals surface area contributed by atoms with E-state index in [-0.39, 0.29) is 77.5 Å². The van der Waals surface area contributed by atoms with Crippen molar-refractivity contribution in [1.29, 1.82) is 0 Å². The molecule has 0 aromatic carbocycles. The number of carbonyl (C=O) groups is 3. The lowest BCUT2D eigenvalue weighted by Crippen LogP contribution is -2.35. The van der Waals surface area contributed by atoms with E-state index in [1.165, 1.54) is 40.3 Å². The molecule has 3 atom stereocenters. The van der Waals surface area contributed by atoms with Crippen molar-refractivity contribution >= 4 is 39.3 Å². The van der Waals surface area contributed by atoms with Gasteiger partial charge in [-0.05, 0) is 42.5 Å². The number of halogens is 4. The van der Waals surface area contributed by atoms with E-state index >= 15 is 0 Å². The van der Waals surface area contributed by atoms with Gasteiger partial charge in [0, 0.05) is 23.2 Å². The van der Waals surface area contributed by atoms with Gasteiger partial charge in [0.25, 0.3) is 5.91 Å². The molecule has 3 amide bonds. The number of amides is 3. The van der Waals surface area contributed by atoms with E-state index in [0.717, 1.165) is 6.07 Å². The van der Waals surface area contributed by atoms with Crippen molar-refractivity contribution < 1.29 is 31.9 Å². The third-order valence-electron chi connectivity index (χ3n) is 8.06. The molecule has 1 saturated carbocycles. The average Bonchev–Trinajstić information content (AvgIpc) is 3.24. The standard InChI is InChI=1S/C27H24F4N4O3S/c1-12-8-17(27(29,30)31)33-21(18(12)23(36)34-7-5-13(28)10-34)15-4-6-32-16-9-14(39-22(15)16)11-35-24(37)19-20(25(35)38)26(19,2)3/h4,6,8-9,13,19-20H,5,7,10-11H2,1-3H3. The minimum Gasteiger partial charge on any atom is -0.336 e. The van der Waals surface area contributed by atoms with Gasteiger partial charge in [0.1, 0.15) is 11.9 Å². The number of carbonyl (C=O) groups excluding carboxylic acids is 3.